The molecule has 2 atom stereocenters. The number of nitrogens with one attached hydrogen (secondary N) is 1. The summed E-state index contributed by atoms with van der Waals surface area (Å²) in [6.07, 6.45) is 5.25. The standard InChI is InChI=1S/C32H30ClF2N5O5/c1-31(30(36)42)14-45-28-20(31)11-23(38-27(28)19-7-8-21(33)25(35)24(19)34)32(43,17-3-4-17)13-37-29(41)15-9-16-12-40(18-5-6-18)39-26(16)22(10-15)44-2/h7-12,17-18,43H,3-6,13-14H2,1-2H3,(H2,36,42)(H,37,41)/t31-,32+/m0/s1. The summed E-state index contributed by atoms with van der Waals surface area (Å²) in [4.78, 5) is 30.7. The van der Waals surface area contributed by atoms with Crippen molar-refractivity contribution < 1.29 is 33.0 Å². The first-order valence-corrected chi connectivity index (χ1v) is 15.0. The largest absolute Gasteiger partial charge is 0.494 e. The van der Waals surface area contributed by atoms with Gasteiger partial charge in [-0.1, -0.05) is 11.6 Å². The lowest BCUT2D eigenvalue weighted by atomic mass is 9.81. The lowest BCUT2D eigenvalue weighted by Crippen LogP contribution is -2.44. The number of carbonyl (C=O) groups excluding carboxylic acids is 2. The molecule has 45 heavy (non-hydrogen) atoms. The van der Waals surface area contributed by atoms with Gasteiger partial charge in [0.15, 0.2) is 11.6 Å². The van der Waals surface area contributed by atoms with Crippen molar-refractivity contribution in [1.29, 1.82) is 0 Å². The third kappa shape index (κ3) is 4.78. The van der Waals surface area contributed by atoms with E-state index in [1.807, 2.05) is 10.9 Å². The number of methoxy groups -OCH3 is 1. The Labute approximate surface area is 261 Å². The number of halogens is 3. The fourth-order valence-corrected chi connectivity index (χ4v) is 6.10. The third-order valence-electron chi connectivity index (χ3n) is 9.12. The molecule has 0 saturated heterocycles. The van der Waals surface area contributed by atoms with Crippen molar-refractivity contribution in [2.24, 2.45) is 11.7 Å². The maximum absolute atomic E-state index is 15.2. The number of rotatable bonds is 9. The number of ether oxygens (including phenoxy) is 2. The van der Waals surface area contributed by atoms with Crippen LogP contribution in [-0.4, -0.2) is 51.9 Å². The van der Waals surface area contributed by atoms with Crippen molar-refractivity contribution in [1.82, 2.24) is 20.1 Å². The second-order valence-electron chi connectivity index (χ2n) is 12.3. The van der Waals surface area contributed by atoms with Crippen molar-refractivity contribution in [3.8, 4) is 22.8 Å². The predicted octanol–water partition coefficient (Wildman–Crippen LogP) is 4.54. The minimum atomic E-state index is -1.73. The second-order valence-corrected chi connectivity index (χ2v) is 12.7. The van der Waals surface area contributed by atoms with Gasteiger partial charge in [-0.3, -0.25) is 14.3 Å². The number of hydrogen-bond donors (Lipinski definition) is 3. The zero-order valence-corrected chi connectivity index (χ0v) is 25.3. The maximum atomic E-state index is 15.2. The molecule has 4 N–H and O–H groups in total. The third-order valence-corrected chi connectivity index (χ3v) is 9.41. The SMILES string of the molecule is COc1cc(C(=O)NC[C@](O)(c2cc3c(c(-c4ccc(Cl)c(F)c4F)n2)OC[C@]3(C)C(N)=O)C2CC2)cc2cn(C3CC3)nc12. The fraction of sp³-hybridized carbons (Fsp3) is 0.375. The highest BCUT2D eigenvalue weighted by atomic mass is 35.5. The first-order valence-electron chi connectivity index (χ1n) is 14.6. The summed E-state index contributed by atoms with van der Waals surface area (Å²) in [7, 11) is 1.51. The maximum Gasteiger partial charge on any atom is 0.251 e. The molecular formula is C32H30ClF2N5O5. The van der Waals surface area contributed by atoms with Gasteiger partial charge in [-0.25, -0.2) is 13.8 Å². The molecule has 0 spiro atoms. The fourth-order valence-electron chi connectivity index (χ4n) is 5.96. The Morgan fingerprint density at radius 1 is 1.22 bits per heavy atom. The van der Waals surface area contributed by atoms with Gasteiger partial charge in [0.25, 0.3) is 5.91 Å². The number of benzene rings is 2. The van der Waals surface area contributed by atoms with E-state index in [4.69, 9.17) is 26.8 Å². The number of nitrogens with two attached hydrogens (primary N) is 1. The molecule has 1 aliphatic heterocycles. The van der Waals surface area contributed by atoms with Crippen molar-refractivity contribution in [3.63, 3.8) is 0 Å². The summed E-state index contributed by atoms with van der Waals surface area (Å²) < 4.78 is 43.1. The van der Waals surface area contributed by atoms with Crippen LogP contribution >= 0.6 is 11.6 Å². The second kappa shape index (κ2) is 10.4. The first-order chi connectivity index (χ1) is 21.4. The van der Waals surface area contributed by atoms with E-state index in [2.05, 4.69) is 15.4 Å². The molecule has 3 aliphatic rings. The summed E-state index contributed by atoms with van der Waals surface area (Å²) in [5.41, 5.74) is 3.61. The van der Waals surface area contributed by atoms with Gasteiger partial charge in [-0.05, 0) is 68.9 Å². The molecule has 0 bridgehead atoms. The van der Waals surface area contributed by atoms with Gasteiger partial charge in [0.05, 0.1) is 30.4 Å². The number of amides is 2. The van der Waals surface area contributed by atoms with Crippen LogP contribution in [0.25, 0.3) is 22.2 Å². The zero-order valence-electron chi connectivity index (χ0n) is 24.5. The van der Waals surface area contributed by atoms with Crippen molar-refractivity contribution in [2.45, 2.75) is 49.7 Å². The van der Waals surface area contributed by atoms with E-state index in [0.717, 1.165) is 18.2 Å². The molecule has 2 aromatic heterocycles. The molecule has 0 radical (unpaired) electrons. The molecule has 4 aromatic rings. The van der Waals surface area contributed by atoms with Gasteiger partial charge in [0.2, 0.25) is 5.91 Å². The number of fused-ring (bicyclic) bond motifs is 2. The van der Waals surface area contributed by atoms with E-state index < -0.39 is 39.5 Å². The summed E-state index contributed by atoms with van der Waals surface area (Å²) in [5.74, 6) is -3.51. The van der Waals surface area contributed by atoms with Crippen LogP contribution in [-0.2, 0) is 15.8 Å². The van der Waals surface area contributed by atoms with E-state index in [1.54, 1.807) is 19.1 Å². The van der Waals surface area contributed by atoms with Crippen molar-refractivity contribution >= 4 is 34.3 Å². The molecule has 10 nitrogen and oxygen atoms in total. The minimum absolute atomic E-state index is 0.0509. The van der Waals surface area contributed by atoms with Crippen LogP contribution in [0.2, 0.25) is 5.02 Å². The quantitative estimate of drug-likeness (QED) is 0.229. The molecule has 13 heteroatoms. The van der Waals surface area contributed by atoms with E-state index in [0.29, 0.717) is 35.7 Å². The van der Waals surface area contributed by atoms with Gasteiger partial charge in [0, 0.05) is 28.3 Å². The Balaban J connectivity index is 1.27. The molecule has 7 rings (SSSR count). The molecule has 234 valence electrons. The van der Waals surface area contributed by atoms with Crippen molar-refractivity contribution in [3.05, 3.63) is 70.0 Å². The molecule has 2 saturated carbocycles. The molecule has 2 fully saturated rings. The van der Waals surface area contributed by atoms with E-state index in [9.17, 15) is 19.1 Å². The number of nitrogens with zero attached hydrogens (tertiary/aromatic N) is 3. The van der Waals surface area contributed by atoms with Crippen LogP contribution < -0.4 is 20.5 Å². The first kappa shape index (κ1) is 29.4. The summed E-state index contributed by atoms with van der Waals surface area (Å²) in [5, 5.41) is 20.0. The number of pyridine rings is 1. The molecule has 0 unspecified atom stereocenters. The van der Waals surface area contributed by atoms with Gasteiger partial charge < -0.3 is 25.6 Å². The Kier molecular flexibility index (Phi) is 6.79. The number of hydrogen-bond acceptors (Lipinski definition) is 7. The molecule has 2 amide bonds. The number of aromatic nitrogens is 3. The summed E-state index contributed by atoms with van der Waals surface area (Å²) >= 11 is 5.80. The smallest absolute Gasteiger partial charge is 0.251 e. The zero-order chi connectivity index (χ0) is 31.8. The minimum Gasteiger partial charge on any atom is -0.494 e. The van der Waals surface area contributed by atoms with Gasteiger partial charge in [0.1, 0.15) is 40.3 Å². The van der Waals surface area contributed by atoms with Crippen LogP contribution in [0.3, 0.4) is 0 Å². The topological polar surface area (TPSA) is 142 Å². The van der Waals surface area contributed by atoms with E-state index in [1.165, 1.54) is 25.3 Å². The number of aliphatic hydroxyl groups is 1. The van der Waals surface area contributed by atoms with Gasteiger partial charge in [-0.15, -0.1) is 0 Å². The Morgan fingerprint density at radius 2 is 1.98 bits per heavy atom. The van der Waals surface area contributed by atoms with Crippen LogP contribution in [0.4, 0.5) is 8.78 Å². The highest BCUT2D eigenvalue weighted by molar-refractivity contribution is 6.30. The lowest BCUT2D eigenvalue weighted by molar-refractivity contribution is -0.123. The van der Waals surface area contributed by atoms with Crippen LogP contribution in [0.15, 0.2) is 36.5 Å². The van der Waals surface area contributed by atoms with E-state index >= 15 is 4.39 Å². The summed E-state index contributed by atoms with van der Waals surface area (Å²) in [6.45, 7) is 1.16. The highest BCUT2D eigenvalue weighted by Crippen LogP contribution is 2.50. The van der Waals surface area contributed by atoms with Crippen LogP contribution in [0, 0.1) is 17.6 Å². The van der Waals surface area contributed by atoms with Gasteiger partial charge in [-0.2, -0.15) is 5.10 Å². The molecule has 3 heterocycles. The molecule has 2 aliphatic carbocycles. The molecule has 2 aromatic carbocycles. The van der Waals surface area contributed by atoms with Crippen LogP contribution in [0.1, 0.15) is 60.3 Å². The van der Waals surface area contributed by atoms with Gasteiger partial charge >= 0.3 is 0 Å². The lowest BCUT2D eigenvalue weighted by Gasteiger charge is -2.30. The average Bonchev–Trinajstić information content (AvgIpc) is 3.97. The normalized spacial score (nSPS) is 20.4. The Hall–Kier alpha value is -4.29. The molecular weight excluding hydrogens is 608 g/mol. The number of carbonyl (C=O) groups is 2. The average molecular weight is 638 g/mol. The summed E-state index contributed by atoms with van der Waals surface area (Å²) in [6, 6.07) is 7.60. The van der Waals surface area contributed by atoms with Crippen LogP contribution in [0.5, 0.6) is 11.5 Å². The monoisotopic (exact) mass is 637 g/mol. The van der Waals surface area contributed by atoms with E-state index in [-0.39, 0.29) is 47.3 Å². The highest BCUT2D eigenvalue weighted by Gasteiger charge is 2.50. The van der Waals surface area contributed by atoms with Crippen molar-refractivity contribution in [2.75, 3.05) is 20.3 Å². The number of primary amides is 1. The Bertz CT molecular complexity index is 1910. The Morgan fingerprint density at radius 3 is 2.64 bits per heavy atom. The predicted molar refractivity (Wildman–Crippen MR) is 160 cm³/mol.